The number of hydrogen-bond acceptors (Lipinski definition) is 4. The first-order valence-electron chi connectivity index (χ1n) is 8.66. The third-order valence-electron chi connectivity index (χ3n) is 4.54. The van der Waals surface area contributed by atoms with Crippen molar-refractivity contribution in [2.45, 2.75) is 39.3 Å². The number of rotatable bonds is 4. The number of H-pyrrole nitrogens is 1. The summed E-state index contributed by atoms with van der Waals surface area (Å²) in [5.74, 6) is -0.373. The number of carbonyl (C=O) groups excluding carboxylic acids is 2. The Morgan fingerprint density at radius 1 is 1.35 bits per heavy atom. The van der Waals surface area contributed by atoms with Crippen molar-refractivity contribution in [3.8, 4) is 0 Å². The van der Waals surface area contributed by atoms with Crippen molar-refractivity contribution < 1.29 is 9.59 Å². The van der Waals surface area contributed by atoms with Crippen LogP contribution in [0.25, 0.3) is 0 Å². The molecule has 1 aliphatic rings. The van der Waals surface area contributed by atoms with Gasteiger partial charge in [-0.3, -0.25) is 19.4 Å². The molecule has 1 fully saturated rings. The summed E-state index contributed by atoms with van der Waals surface area (Å²) >= 11 is 0. The average Bonchev–Trinajstić information content (AvgIpc) is 3.09. The van der Waals surface area contributed by atoms with E-state index in [1.807, 2.05) is 12.1 Å². The molecule has 0 radical (unpaired) electrons. The highest BCUT2D eigenvalue weighted by Gasteiger charge is 2.31. The van der Waals surface area contributed by atoms with Gasteiger partial charge in [-0.25, -0.2) is 0 Å². The van der Waals surface area contributed by atoms with Gasteiger partial charge in [-0.15, -0.1) is 0 Å². The number of amides is 2. The quantitative estimate of drug-likeness (QED) is 0.873. The van der Waals surface area contributed by atoms with Gasteiger partial charge in [-0.1, -0.05) is 0 Å². The van der Waals surface area contributed by atoms with Gasteiger partial charge < -0.3 is 15.2 Å². The summed E-state index contributed by atoms with van der Waals surface area (Å²) in [6.07, 6.45) is 3.40. The number of carbonyl (C=O) groups is 2. The van der Waals surface area contributed by atoms with E-state index in [4.69, 9.17) is 0 Å². The summed E-state index contributed by atoms with van der Waals surface area (Å²) in [4.78, 5) is 44.8. The lowest BCUT2D eigenvalue weighted by atomic mass is 10.0. The lowest BCUT2D eigenvalue weighted by molar-refractivity contribution is -0.119. The van der Waals surface area contributed by atoms with Crippen LogP contribution < -0.4 is 10.9 Å². The summed E-state index contributed by atoms with van der Waals surface area (Å²) in [6.45, 7) is 4.20. The third kappa shape index (κ3) is 3.82. The Kier molecular flexibility index (Phi) is 5.16. The van der Waals surface area contributed by atoms with Crippen LogP contribution in [0.2, 0.25) is 0 Å². The Hall–Kier alpha value is -2.96. The standard InChI is InChI=1S/C19H22N4O3/c1-12-5-6-16(18(25)22-12)19(26)23-9-3-4-17(23)14-7-8-20-15(10-14)11-21-13(2)24/h5-8,10,17H,3-4,9,11H2,1-2H3,(H,21,24)(H,22,25)/t17-/m0/s1. The maximum atomic E-state index is 12.9. The van der Waals surface area contributed by atoms with Gasteiger partial charge in [0.25, 0.3) is 11.5 Å². The van der Waals surface area contributed by atoms with Crippen molar-refractivity contribution in [1.29, 1.82) is 0 Å². The highest BCUT2D eigenvalue weighted by atomic mass is 16.2. The highest BCUT2D eigenvalue weighted by molar-refractivity contribution is 5.94. The zero-order valence-corrected chi connectivity index (χ0v) is 14.9. The van der Waals surface area contributed by atoms with E-state index in [1.54, 1.807) is 30.2 Å². The second kappa shape index (κ2) is 7.51. The Labute approximate surface area is 151 Å². The molecule has 1 atom stereocenters. The molecule has 136 valence electrons. The van der Waals surface area contributed by atoms with Crippen molar-refractivity contribution in [1.82, 2.24) is 20.2 Å². The summed E-state index contributed by atoms with van der Waals surface area (Å²) in [5.41, 5.74) is 2.23. The van der Waals surface area contributed by atoms with E-state index in [9.17, 15) is 14.4 Å². The van der Waals surface area contributed by atoms with E-state index >= 15 is 0 Å². The topological polar surface area (TPSA) is 95.2 Å². The lowest BCUT2D eigenvalue weighted by Crippen LogP contribution is -2.34. The zero-order chi connectivity index (χ0) is 18.7. The maximum Gasteiger partial charge on any atom is 0.260 e. The number of aryl methyl sites for hydroxylation is 1. The Morgan fingerprint density at radius 3 is 2.88 bits per heavy atom. The molecule has 3 heterocycles. The van der Waals surface area contributed by atoms with Crippen molar-refractivity contribution in [2.75, 3.05) is 6.54 Å². The number of aromatic nitrogens is 2. The van der Waals surface area contributed by atoms with E-state index in [0.29, 0.717) is 13.1 Å². The van der Waals surface area contributed by atoms with Crippen LogP contribution >= 0.6 is 0 Å². The second-order valence-electron chi connectivity index (χ2n) is 6.53. The molecule has 1 saturated heterocycles. The van der Waals surface area contributed by atoms with Crippen LogP contribution in [0.15, 0.2) is 35.3 Å². The second-order valence-corrected chi connectivity index (χ2v) is 6.53. The number of likely N-dealkylation sites (tertiary alicyclic amines) is 1. The number of nitrogens with zero attached hydrogens (tertiary/aromatic N) is 2. The molecule has 0 aromatic carbocycles. The smallest absolute Gasteiger partial charge is 0.260 e. The monoisotopic (exact) mass is 354 g/mol. The van der Waals surface area contributed by atoms with Crippen LogP contribution in [0.1, 0.15) is 53.1 Å². The minimum absolute atomic E-state index is 0.0951. The molecular formula is C19H22N4O3. The van der Waals surface area contributed by atoms with Gasteiger partial charge in [0, 0.05) is 25.4 Å². The lowest BCUT2D eigenvalue weighted by Gasteiger charge is -2.25. The van der Waals surface area contributed by atoms with E-state index < -0.39 is 0 Å². The highest BCUT2D eigenvalue weighted by Crippen LogP contribution is 2.32. The Bertz CT molecular complexity index is 890. The van der Waals surface area contributed by atoms with Gasteiger partial charge in [0.2, 0.25) is 5.91 Å². The van der Waals surface area contributed by atoms with Gasteiger partial charge in [0.15, 0.2) is 0 Å². The molecule has 26 heavy (non-hydrogen) atoms. The fourth-order valence-corrected chi connectivity index (χ4v) is 3.27. The van der Waals surface area contributed by atoms with Crippen LogP contribution in [0, 0.1) is 6.92 Å². The average molecular weight is 354 g/mol. The molecule has 2 aromatic rings. The van der Waals surface area contributed by atoms with Crippen LogP contribution in [0.5, 0.6) is 0 Å². The molecule has 0 saturated carbocycles. The predicted octanol–water partition coefficient (Wildman–Crippen LogP) is 1.69. The summed E-state index contributed by atoms with van der Waals surface area (Å²) in [5, 5.41) is 2.72. The molecule has 3 rings (SSSR count). The van der Waals surface area contributed by atoms with Crippen molar-refractivity contribution in [3.05, 3.63) is 63.3 Å². The fourth-order valence-electron chi connectivity index (χ4n) is 3.27. The molecular weight excluding hydrogens is 332 g/mol. The van der Waals surface area contributed by atoms with E-state index in [2.05, 4.69) is 15.3 Å². The number of hydrogen-bond donors (Lipinski definition) is 2. The van der Waals surface area contributed by atoms with Crippen molar-refractivity contribution >= 4 is 11.8 Å². The maximum absolute atomic E-state index is 12.9. The zero-order valence-electron chi connectivity index (χ0n) is 14.9. The molecule has 2 N–H and O–H groups in total. The molecule has 0 unspecified atom stereocenters. The molecule has 7 nitrogen and oxygen atoms in total. The largest absolute Gasteiger partial charge is 0.351 e. The van der Waals surface area contributed by atoms with Crippen molar-refractivity contribution in [2.24, 2.45) is 0 Å². The first-order chi connectivity index (χ1) is 12.5. The molecule has 0 bridgehead atoms. The van der Waals surface area contributed by atoms with Gasteiger partial charge in [-0.2, -0.15) is 0 Å². The molecule has 0 spiro atoms. The van der Waals surface area contributed by atoms with E-state index in [1.165, 1.54) is 6.92 Å². The van der Waals surface area contributed by atoms with Gasteiger partial charge in [0.05, 0.1) is 18.3 Å². The van der Waals surface area contributed by atoms with E-state index in [0.717, 1.165) is 29.8 Å². The van der Waals surface area contributed by atoms with Gasteiger partial charge >= 0.3 is 0 Å². The van der Waals surface area contributed by atoms with Crippen LogP contribution in [-0.2, 0) is 11.3 Å². The van der Waals surface area contributed by atoms with Crippen molar-refractivity contribution in [3.63, 3.8) is 0 Å². The van der Waals surface area contributed by atoms with Crippen LogP contribution in [0.4, 0.5) is 0 Å². The molecule has 7 heteroatoms. The molecule has 0 aliphatic carbocycles. The minimum atomic E-state index is -0.360. The van der Waals surface area contributed by atoms with Crippen LogP contribution in [-0.4, -0.2) is 33.2 Å². The fraction of sp³-hybridized carbons (Fsp3) is 0.368. The van der Waals surface area contributed by atoms with Gasteiger partial charge in [-0.05, 0) is 49.6 Å². The number of pyridine rings is 2. The van der Waals surface area contributed by atoms with E-state index in [-0.39, 0.29) is 29.0 Å². The predicted molar refractivity (Wildman–Crippen MR) is 96.6 cm³/mol. The summed E-state index contributed by atoms with van der Waals surface area (Å²) in [7, 11) is 0. The molecule has 2 amide bonds. The summed E-state index contributed by atoms with van der Waals surface area (Å²) < 4.78 is 0. The number of aromatic amines is 1. The molecule has 1 aliphatic heterocycles. The molecule has 2 aromatic heterocycles. The normalized spacial score (nSPS) is 16.5. The first-order valence-corrected chi connectivity index (χ1v) is 8.66. The summed E-state index contributed by atoms with van der Waals surface area (Å²) in [6, 6.07) is 7.01. The first kappa shape index (κ1) is 17.8. The number of nitrogens with one attached hydrogen (secondary N) is 2. The Balaban J connectivity index is 1.84. The minimum Gasteiger partial charge on any atom is -0.351 e. The Morgan fingerprint density at radius 2 is 2.15 bits per heavy atom. The van der Waals surface area contributed by atoms with Gasteiger partial charge in [0.1, 0.15) is 5.56 Å². The third-order valence-corrected chi connectivity index (χ3v) is 4.54. The van der Waals surface area contributed by atoms with Crippen LogP contribution in [0.3, 0.4) is 0 Å². The SMILES string of the molecule is CC(=O)NCc1cc([C@@H]2CCCN2C(=O)c2ccc(C)[nH]c2=O)ccn1.